The van der Waals surface area contributed by atoms with Gasteiger partial charge in [-0.1, -0.05) is 76.9 Å². The standard InChI is InChI=1S/C24H42O7/c1-2-3-4-5-6-7-8-9-10-11-12-13-14-15-16-17-18-31-22(27)20-24(30,23(28)29)19-21(25)26/h9-10,30H,2-8,11-20H2,1H3,(H,25,26)(H,28,29). The van der Waals surface area contributed by atoms with Crippen molar-refractivity contribution in [2.45, 2.75) is 115 Å². The molecule has 7 heteroatoms. The smallest absolute Gasteiger partial charge is 0.336 e. The molecule has 0 aliphatic carbocycles. The number of hydrogen-bond acceptors (Lipinski definition) is 5. The zero-order valence-corrected chi connectivity index (χ0v) is 19.2. The highest BCUT2D eigenvalue weighted by Crippen LogP contribution is 2.17. The van der Waals surface area contributed by atoms with Crippen LogP contribution in [-0.4, -0.2) is 45.4 Å². The van der Waals surface area contributed by atoms with Gasteiger partial charge in [-0.2, -0.15) is 0 Å². The predicted molar refractivity (Wildman–Crippen MR) is 120 cm³/mol. The summed E-state index contributed by atoms with van der Waals surface area (Å²) in [5.74, 6) is -4.14. The second-order valence-electron chi connectivity index (χ2n) is 8.24. The number of rotatable bonds is 21. The van der Waals surface area contributed by atoms with Crippen LogP contribution < -0.4 is 0 Å². The number of carboxylic acid groups (broad SMARTS) is 2. The molecule has 0 spiro atoms. The SMILES string of the molecule is CCCCCCCCC=CCCCCCCCCOC(=O)CC(O)(CC(=O)O)C(=O)O. The molecule has 1 atom stereocenters. The quantitative estimate of drug-likeness (QED) is 0.126. The van der Waals surface area contributed by atoms with Crippen LogP contribution in [0.15, 0.2) is 12.2 Å². The summed E-state index contributed by atoms with van der Waals surface area (Å²) in [4.78, 5) is 33.3. The number of carboxylic acids is 2. The first-order chi connectivity index (χ1) is 14.8. The number of carbonyl (C=O) groups is 3. The second-order valence-corrected chi connectivity index (χ2v) is 8.24. The summed E-state index contributed by atoms with van der Waals surface area (Å²) < 4.78 is 4.92. The lowest BCUT2D eigenvalue weighted by Crippen LogP contribution is -2.43. The van der Waals surface area contributed by atoms with Gasteiger partial charge in [0.2, 0.25) is 0 Å². The van der Waals surface area contributed by atoms with Gasteiger partial charge < -0.3 is 20.1 Å². The van der Waals surface area contributed by atoms with Crippen LogP contribution in [-0.2, 0) is 19.1 Å². The van der Waals surface area contributed by atoms with Crippen molar-refractivity contribution in [3.63, 3.8) is 0 Å². The number of ether oxygens (including phenoxy) is 1. The van der Waals surface area contributed by atoms with Gasteiger partial charge in [0.25, 0.3) is 0 Å². The third-order valence-electron chi connectivity index (χ3n) is 5.20. The van der Waals surface area contributed by atoms with Gasteiger partial charge in [0.15, 0.2) is 5.60 Å². The number of hydrogen-bond donors (Lipinski definition) is 3. The molecule has 31 heavy (non-hydrogen) atoms. The summed E-state index contributed by atoms with van der Waals surface area (Å²) in [5.41, 5.74) is -2.63. The Bertz CT molecular complexity index is 530. The molecular weight excluding hydrogens is 400 g/mol. The van der Waals surface area contributed by atoms with Crippen LogP contribution in [0.1, 0.15) is 110 Å². The molecule has 0 aliphatic heterocycles. The van der Waals surface area contributed by atoms with Gasteiger partial charge in [0.1, 0.15) is 0 Å². The largest absolute Gasteiger partial charge is 0.481 e. The van der Waals surface area contributed by atoms with Gasteiger partial charge in [-0.05, 0) is 32.1 Å². The fourth-order valence-electron chi connectivity index (χ4n) is 3.29. The Morgan fingerprint density at radius 1 is 0.742 bits per heavy atom. The fourth-order valence-corrected chi connectivity index (χ4v) is 3.29. The van der Waals surface area contributed by atoms with Crippen molar-refractivity contribution in [2.24, 2.45) is 0 Å². The van der Waals surface area contributed by atoms with E-state index in [-0.39, 0.29) is 6.61 Å². The molecule has 3 N–H and O–H groups in total. The van der Waals surface area contributed by atoms with E-state index in [1.54, 1.807) is 0 Å². The monoisotopic (exact) mass is 442 g/mol. The molecule has 0 bridgehead atoms. The van der Waals surface area contributed by atoms with Crippen molar-refractivity contribution in [2.75, 3.05) is 6.61 Å². The second kappa shape index (κ2) is 18.8. The summed E-state index contributed by atoms with van der Waals surface area (Å²) in [7, 11) is 0. The molecule has 7 nitrogen and oxygen atoms in total. The third kappa shape index (κ3) is 17.5. The van der Waals surface area contributed by atoms with Gasteiger partial charge in [-0.3, -0.25) is 9.59 Å². The zero-order valence-electron chi connectivity index (χ0n) is 19.2. The Balaban J connectivity index is 3.57. The molecule has 1 unspecified atom stereocenters. The third-order valence-corrected chi connectivity index (χ3v) is 5.20. The maximum atomic E-state index is 11.7. The molecule has 0 aromatic rings. The number of esters is 1. The molecule has 0 amide bonds. The molecule has 0 heterocycles. The Labute approximate surface area is 186 Å². The van der Waals surface area contributed by atoms with Crippen LogP contribution in [0.5, 0.6) is 0 Å². The summed E-state index contributed by atoms with van der Waals surface area (Å²) in [6.07, 6.45) is 19.0. The van der Waals surface area contributed by atoms with Gasteiger partial charge in [-0.25, -0.2) is 4.79 Å². The average molecular weight is 443 g/mol. The van der Waals surface area contributed by atoms with Crippen molar-refractivity contribution in [3.05, 3.63) is 12.2 Å². The van der Waals surface area contributed by atoms with E-state index in [0.717, 1.165) is 25.7 Å². The maximum absolute atomic E-state index is 11.7. The minimum atomic E-state index is -2.63. The highest BCUT2D eigenvalue weighted by Gasteiger charge is 2.41. The van der Waals surface area contributed by atoms with Crippen LogP contribution in [0, 0.1) is 0 Å². The van der Waals surface area contributed by atoms with Crippen molar-refractivity contribution < 1.29 is 34.4 Å². The van der Waals surface area contributed by atoms with E-state index in [4.69, 9.17) is 14.9 Å². The average Bonchev–Trinajstić information content (AvgIpc) is 2.69. The van der Waals surface area contributed by atoms with Gasteiger partial charge in [0, 0.05) is 0 Å². The van der Waals surface area contributed by atoms with E-state index in [0.29, 0.717) is 6.42 Å². The fraction of sp³-hybridized carbons (Fsp3) is 0.792. The lowest BCUT2D eigenvalue weighted by atomic mass is 9.96. The van der Waals surface area contributed by atoms with E-state index in [2.05, 4.69) is 19.1 Å². The Hall–Kier alpha value is -1.89. The van der Waals surface area contributed by atoms with Gasteiger partial charge in [-0.15, -0.1) is 0 Å². The number of allylic oxidation sites excluding steroid dienone is 2. The Morgan fingerprint density at radius 2 is 1.23 bits per heavy atom. The van der Waals surface area contributed by atoms with Crippen LogP contribution in [0.2, 0.25) is 0 Å². The molecule has 0 saturated heterocycles. The summed E-state index contributed by atoms with van der Waals surface area (Å²) in [6.45, 7) is 2.38. The van der Waals surface area contributed by atoms with E-state index < -0.39 is 36.4 Å². The van der Waals surface area contributed by atoms with Gasteiger partial charge >= 0.3 is 17.9 Å². The summed E-state index contributed by atoms with van der Waals surface area (Å²) in [6, 6.07) is 0. The molecule has 0 saturated carbocycles. The lowest BCUT2D eigenvalue weighted by molar-refractivity contribution is -0.172. The van der Waals surface area contributed by atoms with Crippen molar-refractivity contribution in [3.8, 4) is 0 Å². The van der Waals surface area contributed by atoms with Crippen LogP contribution in [0.4, 0.5) is 0 Å². The lowest BCUT2D eigenvalue weighted by Gasteiger charge is -2.20. The van der Waals surface area contributed by atoms with E-state index in [9.17, 15) is 19.5 Å². The van der Waals surface area contributed by atoms with E-state index in [1.165, 1.54) is 57.8 Å². The summed E-state index contributed by atoms with van der Waals surface area (Å²) >= 11 is 0. The highest BCUT2D eigenvalue weighted by molar-refractivity contribution is 5.88. The molecule has 0 rings (SSSR count). The molecular formula is C24H42O7. The molecule has 0 aromatic carbocycles. The van der Waals surface area contributed by atoms with E-state index in [1.807, 2.05) is 0 Å². The number of aliphatic carboxylic acids is 2. The zero-order chi connectivity index (χ0) is 23.4. The minimum absolute atomic E-state index is 0.142. The molecule has 180 valence electrons. The normalized spacial score (nSPS) is 13.2. The number of unbranched alkanes of at least 4 members (excludes halogenated alkanes) is 12. The first kappa shape index (κ1) is 29.1. The molecule has 0 aliphatic rings. The molecule has 0 fully saturated rings. The van der Waals surface area contributed by atoms with Crippen molar-refractivity contribution in [1.82, 2.24) is 0 Å². The van der Waals surface area contributed by atoms with Crippen LogP contribution in [0.3, 0.4) is 0 Å². The van der Waals surface area contributed by atoms with Crippen molar-refractivity contribution in [1.29, 1.82) is 0 Å². The van der Waals surface area contributed by atoms with Gasteiger partial charge in [0.05, 0.1) is 19.4 Å². The summed E-state index contributed by atoms with van der Waals surface area (Å²) in [5, 5.41) is 27.4. The molecule has 0 radical (unpaired) electrons. The van der Waals surface area contributed by atoms with Crippen LogP contribution in [0.25, 0.3) is 0 Å². The topological polar surface area (TPSA) is 121 Å². The highest BCUT2D eigenvalue weighted by atomic mass is 16.5. The number of carbonyl (C=O) groups excluding carboxylic acids is 1. The van der Waals surface area contributed by atoms with Crippen LogP contribution >= 0.6 is 0 Å². The first-order valence-electron chi connectivity index (χ1n) is 11.8. The first-order valence-corrected chi connectivity index (χ1v) is 11.8. The number of aliphatic hydroxyl groups is 1. The van der Waals surface area contributed by atoms with E-state index >= 15 is 0 Å². The minimum Gasteiger partial charge on any atom is -0.481 e. The Kier molecular flexibility index (Phi) is 17.7. The van der Waals surface area contributed by atoms with Crippen molar-refractivity contribution >= 4 is 17.9 Å². The molecule has 0 aromatic heterocycles. The predicted octanol–water partition coefficient (Wildman–Crippen LogP) is 5.25. The Morgan fingerprint density at radius 3 is 1.71 bits per heavy atom. The maximum Gasteiger partial charge on any atom is 0.336 e.